The molecule has 10 heteroatoms. The van der Waals surface area contributed by atoms with Crippen molar-refractivity contribution in [2.75, 3.05) is 11.6 Å². The summed E-state index contributed by atoms with van der Waals surface area (Å²) >= 11 is 0. The number of carbonyl (C=O) groups excluding carboxylic acids is 2. The zero-order valence-electron chi connectivity index (χ0n) is 16.7. The molecule has 1 aromatic heterocycles. The van der Waals surface area contributed by atoms with Crippen LogP contribution in [0.15, 0.2) is 59.5 Å². The number of benzene rings is 2. The fraction of sp³-hybridized carbons (Fsp3) is 0.0909. The molecule has 1 unspecified atom stereocenters. The third kappa shape index (κ3) is 4.43. The van der Waals surface area contributed by atoms with Crippen molar-refractivity contribution < 1.29 is 18.4 Å². The first-order chi connectivity index (χ1) is 15.3. The van der Waals surface area contributed by atoms with Gasteiger partial charge in [-0.3, -0.25) is 0 Å². The predicted molar refractivity (Wildman–Crippen MR) is 123 cm³/mol. The number of halogens is 2. The van der Waals surface area contributed by atoms with Crippen LogP contribution in [0.25, 0.3) is 0 Å². The van der Waals surface area contributed by atoms with Crippen LogP contribution < -0.4 is 21.5 Å². The fourth-order valence-electron chi connectivity index (χ4n) is 3.32. The SMILES string of the molecule is B=C1C(=O)Nc2ccc(PCNC(=O)c3cccn(Cc4ccc(F)c(F)c4)c3=O)cc21. The zero-order valence-corrected chi connectivity index (χ0v) is 17.7. The van der Waals surface area contributed by atoms with Crippen molar-refractivity contribution in [1.29, 1.82) is 0 Å². The molecule has 2 heterocycles. The van der Waals surface area contributed by atoms with E-state index in [-0.39, 0.29) is 26.6 Å². The van der Waals surface area contributed by atoms with Crippen molar-refractivity contribution >= 4 is 44.3 Å². The second-order valence-corrected chi connectivity index (χ2v) is 8.44. The van der Waals surface area contributed by atoms with Crippen LogP contribution in [0.5, 0.6) is 0 Å². The number of hydrogen-bond acceptors (Lipinski definition) is 3. The second kappa shape index (κ2) is 8.97. The number of aromatic nitrogens is 1. The molecule has 1 aliphatic rings. The summed E-state index contributed by atoms with van der Waals surface area (Å²) in [5.74, 6) is -2.71. The summed E-state index contributed by atoms with van der Waals surface area (Å²) in [6.45, 7) is 0.00463. The Morgan fingerprint density at radius 1 is 1.09 bits per heavy atom. The Bertz CT molecular complexity index is 1330. The average Bonchev–Trinajstić information content (AvgIpc) is 3.05. The number of carbonyl (C=O) groups is 2. The van der Waals surface area contributed by atoms with Crippen molar-refractivity contribution in [2.45, 2.75) is 6.54 Å². The van der Waals surface area contributed by atoms with Crippen LogP contribution in [0.2, 0.25) is 0 Å². The molecule has 32 heavy (non-hydrogen) atoms. The molecule has 0 saturated heterocycles. The minimum absolute atomic E-state index is 0.00463. The van der Waals surface area contributed by atoms with Gasteiger partial charge < -0.3 is 0 Å². The fourth-order valence-corrected chi connectivity index (χ4v) is 4.22. The van der Waals surface area contributed by atoms with E-state index in [2.05, 4.69) is 18.1 Å². The van der Waals surface area contributed by atoms with E-state index in [9.17, 15) is 23.2 Å². The van der Waals surface area contributed by atoms with Crippen LogP contribution in [-0.2, 0) is 11.3 Å². The molecule has 3 aromatic rings. The van der Waals surface area contributed by atoms with Gasteiger partial charge in [0.25, 0.3) is 0 Å². The Labute approximate surface area is 184 Å². The van der Waals surface area contributed by atoms with E-state index in [1.54, 1.807) is 12.1 Å². The van der Waals surface area contributed by atoms with Crippen molar-refractivity contribution in [3.63, 3.8) is 0 Å². The summed E-state index contributed by atoms with van der Waals surface area (Å²) in [7, 11) is 3.99. The predicted octanol–water partition coefficient (Wildman–Crippen LogP) is 1.24. The Hall–Kier alpha value is -3.45. The van der Waals surface area contributed by atoms with E-state index < -0.39 is 23.1 Å². The van der Waals surface area contributed by atoms with Crippen LogP contribution >= 0.6 is 8.58 Å². The van der Waals surface area contributed by atoms with Gasteiger partial charge in [0.05, 0.1) is 0 Å². The van der Waals surface area contributed by atoms with Crippen molar-refractivity contribution in [1.82, 2.24) is 9.88 Å². The molecule has 160 valence electrons. The monoisotopic (exact) mass is 451 g/mol. The third-order valence-corrected chi connectivity index (χ3v) is 6.08. The number of anilines is 1. The molecule has 0 spiro atoms. The van der Waals surface area contributed by atoms with Gasteiger partial charge in [-0.1, -0.05) is 6.07 Å². The molecule has 4 rings (SSSR count). The summed E-state index contributed by atoms with van der Waals surface area (Å²) in [6, 6.07) is 11.9. The first-order valence-corrected chi connectivity index (χ1v) is 10.8. The molecule has 0 bridgehead atoms. The normalized spacial score (nSPS) is 12.8. The third-order valence-electron chi connectivity index (χ3n) is 5.01. The van der Waals surface area contributed by atoms with Gasteiger partial charge in [0.2, 0.25) is 0 Å². The molecule has 1 atom stereocenters. The zero-order chi connectivity index (χ0) is 22.8. The van der Waals surface area contributed by atoms with Crippen LogP contribution in [-0.4, -0.2) is 35.6 Å². The number of fused-ring (bicyclic) bond motifs is 1. The summed E-state index contributed by atoms with van der Waals surface area (Å²) < 4.78 is 27.8. The quantitative estimate of drug-likeness (QED) is 0.438. The van der Waals surface area contributed by atoms with Crippen molar-refractivity contribution in [3.05, 3.63) is 93.4 Å². The maximum atomic E-state index is 13.4. The first kappa shape index (κ1) is 21.8. The molecule has 0 fully saturated rings. The molecule has 0 radical (unpaired) electrons. The van der Waals surface area contributed by atoms with Crippen LogP contribution in [0.3, 0.4) is 0 Å². The topological polar surface area (TPSA) is 80.2 Å². The molecule has 2 amide bonds. The number of hydrogen-bond donors (Lipinski definition) is 2. The number of rotatable bonds is 6. The van der Waals surface area contributed by atoms with Crippen molar-refractivity contribution in [2.24, 2.45) is 0 Å². The van der Waals surface area contributed by atoms with Gasteiger partial charge in [-0.15, -0.1) is 0 Å². The van der Waals surface area contributed by atoms with Crippen molar-refractivity contribution in [3.8, 4) is 0 Å². The molecule has 1 aliphatic heterocycles. The summed E-state index contributed by atoms with van der Waals surface area (Å²) in [4.78, 5) is 36.9. The molecule has 6 nitrogen and oxygen atoms in total. The Kier molecular flexibility index (Phi) is 6.10. The number of nitrogens with zero attached hydrogens (tertiary/aromatic N) is 1. The van der Waals surface area contributed by atoms with Gasteiger partial charge in [0.15, 0.2) is 11.6 Å². The average molecular weight is 451 g/mol. The molecular formula is C22H17BF2N3O3P. The van der Waals surface area contributed by atoms with Gasteiger partial charge in [-0.2, -0.15) is 0 Å². The van der Waals surface area contributed by atoms with Crippen LogP contribution in [0.1, 0.15) is 21.5 Å². The molecule has 2 aromatic carbocycles. The van der Waals surface area contributed by atoms with Gasteiger partial charge in [-0.25, -0.2) is 8.78 Å². The standard InChI is InChI=1S/C22H17BF2N3O3P/c23-19-15-9-13(4-6-18(15)27-21(19)30)32-11-26-20(29)14-2-1-7-28(22(14)31)10-12-3-5-16(24)17(25)8-12/h1-9,23,32H,10-11H2,(H,26,29)(H,27,30). The first-order valence-electron chi connectivity index (χ1n) is 9.63. The van der Waals surface area contributed by atoms with E-state index >= 15 is 0 Å². The van der Waals surface area contributed by atoms with Gasteiger partial charge in [-0.05, 0) is 17.7 Å². The van der Waals surface area contributed by atoms with Gasteiger partial charge in [0, 0.05) is 0 Å². The van der Waals surface area contributed by atoms with Gasteiger partial charge in [0.1, 0.15) is 0 Å². The second-order valence-electron chi connectivity index (χ2n) is 7.16. The van der Waals surface area contributed by atoms with Gasteiger partial charge >= 0.3 is 140 Å². The van der Waals surface area contributed by atoms with E-state index in [0.717, 1.165) is 23.0 Å². The van der Waals surface area contributed by atoms with E-state index in [0.29, 0.717) is 23.0 Å². The Morgan fingerprint density at radius 2 is 1.91 bits per heavy atom. The van der Waals surface area contributed by atoms with E-state index in [1.165, 1.54) is 22.9 Å². The minimum atomic E-state index is -0.999. The molecule has 2 N–H and O–H groups in total. The van der Waals surface area contributed by atoms with E-state index in [1.807, 2.05) is 12.1 Å². The Balaban J connectivity index is 1.41. The van der Waals surface area contributed by atoms with Crippen LogP contribution in [0, 0.1) is 11.6 Å². The van der Waals surface area contributed by atoms with Crippen LogP contribution in [0.4, 0.5) is 14.5 Å². The summed E-state index contributed by atoms with van der Waals surface area (Å²) in [5.41, 5.74) is 1.68. The summed E-state index contributed by atoms with van der Waals surface area (Å²) in [6.07, 6.45) is 1.79. The number of nitrogens with one attached hydrogen (secondary N) is 2. The maximum absolute atomic E-state index is 13.4. The number of amides is 2. The molecular weight excluding hydrogens is 434 g/mol. The Morgan fingerprint density at radius 3 is 2.69 bits per heavy atom. The molecule has 0 saturated carbocycles. The summed E-state index contributed by atoms with van der Waals surface area (Å²) in [5, 5.41) is 6.39. The molecule has 0 aliphatic carbocycles. The van der Waals surface area contributed by atoms with E-state index in [4.69, 9.17) is 0 Å². The number of pyridine rings is 1.